The summed E-state index contributed by atoms with van der Waals surface area (Å²) in [7, 11) is 0. The van der Waals surface area contributed by atoms with Crippen LogP contribution in [0.25, 0.3) is 10.6 Å². The highest BCUT2D eigenvalue weighted by Crippen LogP contribution is 2.37. The van der Waals surface area contributed by atoms with Crippen molar-refractivity contribution in [2.45, 2.75) is 32.3 Å². The van der Waals surface area contributed by atoms with Crippen LogP contribution in [0.4, 0.5) is 0 Å². The molecular weight excluding hydrogens is 597 g/mol. The molecule has 0 spiro atoms. The third kappa shape index (κ3) is 11.0. The van der Waals surface area contributed by atoms with E-state index in [0.717, 1.165) is 41.9 Å². The minimum absolute atomic E-state index is 0.581. The standard InChI is InChI=1S/C26H27Cl2NO.C6H8O7/c1-3-29(4-2)17-18-30-24-16-15-22(19-23(24)27)25(20-11-7-5-8-12-20)26(28)21-13-9-6-10-14-21;7-3(8)1-6(13,5(11)12)2-4(9)10/h5-16,19H,3-4,17-18H2,1-2H3;13H,1-2H2,(H,7,8)(H,9,10)(H,11,12)/b26-25+;. The largest absolute Gasteiger partial charge is 0.491 e. The van der Waals surface area contributed by atoms with Gasteiger partial charge in [-0.15, -0.1) is 0 Å². The van der Waals surface area contributed by atoms with Gasteiger partial charge in [0.2, 0.25) is 0 Å². The Bertz CT molecular complexity index is 1380. The first kappa shape index (κ1) is 35.3. The molecule has 0 atom stereocenters. The Morgan fingerprint density at radius 2 is 1.30 bits per heavy atom. The molecule has 11 heteroatoms. The first-order valence-electron chi connectivity index (χ1n) is 13.5. The molecule has 3 aromatic rings. The summed E-state index contributed by atoms with van der Waals surface area (Å²) in [6.45, 7) is 7.80. The molecule has 0 radical (unpaired) electrons. The van der Waals surface area contributed by atoms with Crippen LogP contribution in [0.3, 0.4) is 0 Å². The van der Waals surface area contributed by atoms with Crippen LogP contribution >= 0.6 is 23.2 Å². The summed E-state index contributed by atoms with van der Waals surface area (Å²) >= 11 is 13.5. The zero-order valence-corrected chi connectivity index (χ0v) is 25.4. The van der Waals surface area contributed by atoms with E-state index in [1.165, 1.54) is 0 Å². The first-order chi connectivity index (χ1) is 20.4. The molecule has 3 aromatic carbocycles. The van der Waals surface area contributed by atoms with E-state index in [1.54, 1.807) is 0 Å². The van der Waals surface area contributed by atoms with E-state index in [1.807, 2.05) is 66.7 Å². The lowest BCUT2D eigenvalue weighted by molar-refractivity contribution is -0.170. The number of halogens is 2. The van der Waals surface area contributed by atoms with E-state index in [2.05, 4.69) is 30.9 Å². The molecule has 3 rings (SSSR count). The zero-order valence-electron chi connectivity index (χ0n) is 23.9. The third-order valence-electron chi connectivity index (χ3n) is 6.37. The van der Waals surface area contributed by atoms with Gasteiger partial charge in [0.25, 0.3) is 0 Å². The minimum atomic E-state index is -2.74. The van der Waals surface area contributed by atoms with Gasteiger partial charge in [0.1, 0.15) is 12.4 Å². The van der Waals surface area contributed by atoms with Gasteiger partial charge in [-0.05, 0) is 41.9 Å². The van der Waals surface area contributed by atoms with E-state index in [0.29, 0.717) is 22.4 Å². The van der Waals surface area contributed by atoms with Gasteiger partial charge in [-0.1, -0.05) is 104 Å². The fraction of sp³-hybridized carbons (Fsp3) is 0.281. The maximum atomic E-state index is 10.3. The highest BCUT2D eigenvalue weighted by Gasteiger charge is 2.40. The molecule has 0 aliphatic heterocycles. The Labute approximate surface area is 260 Å². The summed E-state index contributed by atoms with van der Waals surface area (Å²) in [5, 5.41) is 35.1. The van der Waals surface area contributed by atoms with Gasteiger partial charge in [-0.3, -0.25) is 9.59 Å². The molecule has 43 heavy (non-hydrogen) atoms. The molecule has 9 nitrogen and oxygen atoms in total. The molecule has 0 amide bonds. The molecule has 0 fully saturated rings. The number of carboxylic acids is 3. The van der Waals surface area contributed by atoms with Crippen LogP contribution in [0.5, 0.6) is 5.75 Å². The number of benzene rings is 3. The van der Waals surface area contributed by atoms with Crippen molar-refractivity contribution in [3.63, 3.8) is 0 Å². The maximum absolute atomic E-state index is 10.3. The number of likely N-dealkylation sites (N-methyl/N-ethyl adjacent to an activating group) is 1. The normalized spacial score (nSPS) is 11.7. The predicted molar refractivity (Wildman–Crippen MR) is 166 cm³/mol. The van der Waals surface area contributed by atoms with Crippen molar-refractivity contribution < 1.29 is 39.5 Å². The second-order valence-electron chi connectivity index (χ2n) is 9.42. The quantitative estimate of drug-likeness (QED) is 0.158. The number of carboxylic acid groups (broad SMARTS) is 3. The molecular formula is C32H35Cl2NO8. The van der Waals surface area contributed by atoms with Gasteiger partial charge in [-0.25, -0.2) is 4.79 Å². The average Bonchev–Trinajstić information content (AvgIpc) is 2.97. The van der Waals surface area contributed by atoms with Crippen LogP contribution in [0.2, 0.25) is 5.02 Å². The zero-order chi connectivity index (χ0) is 32.0. The van der Waals surface area contributed by atoms with Gasteiger partial charge in [0.05, 0.1) is 22.9 Å². The lowest BCUT2D eigenvalue weighted by Crippen LogP contribution is -2.42. The number of ether oxygens (including phenoxy) is 1. The smallest absolute Gasteiger partial charge is 0.336 e. The number of hydrogen-bond donors (Lipinski definition) is 4. The second-order valence-corrected chi connectivity index (χ2v) is 10.2. The van der Waals surface area contributed by atoms with Gasteiger partial charge in [-0.2, -0.15) is 0 Å². The summed E-state index contributed by atoms with van der Waals surface area (Å²) in [5.74, 6) is -4.33. The monoisotopic (exact) mass is 631 g/mol. The van der Waals surface area contributed by atoms with E-state index in [9.17, 15) is 14.4 Å². The second kappa shape index (κ2) is 17.3. The molecule has 0 aromatic heterocycles. The molecule has 0 saturated carbocycles. The molecule has 4 N–H and O–H groups in total. The molecule has 0 aliphatic rings. The van der Waals surface area contributed by atoms with Crippen molar-refractivity contribution in [3.8, 4) is 5.75 Å². The number of rotatable bonds is 14. The van der Waals surface area contributed by atoms with E-state index >= 15 is 0 Å². The van der Waals surface area contributed by atoms with E-state index in [-0.39, 0.29) is 0 Å². The summed E-state index contributed by atoms with van der Waals surface area (Å²) in [6, 6.07) is 26.0. The Kier molecular flexibility index (Phi) is 14.2. The lowest BCUT2D eigenvalue weighted by Gasteiger charge is -2.19. The molecule has 230 valence electrons. The SMILES string of the molecule is CCN(CC)CCOc1ccc(/C(=C(/Cl)c2ccccc2)c2ccccc2)cc1Cl.O=C(O)CC(O)(CC(=O)O)C(=O)O. The predicted octanol–water partition coefficient (Wildman–Crippen LogP) is 5.97. The number of carbonyl (C=O) groups is 3. The number of hydrogen-bond acceptors (Lipinski definition) is 6. The van der Waals surface area contributed by atoms with Crippen molar-refractivity contribution in [1.29, 1.82) is 0 Å². The topological polar surface area (TPSA) is 145 Å². The highest BCUT2D eigenvalue weighted by atomic mass is 35.5. The summed E-state index contributed by atoms with van der Waals surface area (Å²) in [4.78, 5) is 32.8. The maximum Gasteiger partial charge on any atom is 0.336 e. The van der Waals surface area contributed by atoms with Crippen molar-refractivity contribution in [3.05, 3.63) is 101 Å². The van der Waals surface area contributed by atoms with Crippen molar-refractivity contribution in [2.24, 2.45) is 0 Å². The van der Waals surface area contributed by atoms with Gasteiger partial charge in [0, 0.05) is 12.1 Å². The Morgan fingerprint density at radius 3 is 1.74 bits per heavy atom. The van der Waals surface area contributed by atoms with Crippen LogP contribution < -0.4 is 4.74 Å². The average molecular weight is 633 g/mol. The van der Waals surface area contributed by atoms with Crippen molar-refractivity contribution in [2.75, 3.05) is 26.2 Å². The van der Waals surface area contributed by atoms with Crippen molar-refractivity contribution in [1.82, 2.24) is 4.90 Å². The Balaban J connectivity index is 0.000000420. The van der Waals surface area contributed by atoms with Gasteiger partial charge < -0.3 is 30.1 Å². The van der Waals surface area contributed by atoms with Crippen LogP contribution in [-0.2, 0) is 14.4 Å². The van der Waals surface area contributed by atoms with Gasteiger partial charge >= 0.3 is 17.9 Å². The molecule has 0 saturated heterocycles. The number of aliphatic hydroxyl groups is 1. The van der Waals surface area contributed by atoms with Crippen molar-refractivity contribution >= 4 is 51.7 Å². The minimum Gasteiger partial charge on any atom is -0.491 e. The summed E-state index contributed by atoms with van der Waals surface area (Å²) in [5.41, 5.74) is 1.17. The third-order valence-corrected chi connectivity index (χ3v) is 7.08. The van der Waals surface area contributed by atoms with Crippen LogP contribution in [0, 0.1) is 0 Å². The first-order valence-corrected chi connectivity index (χ1v) is 14.2. The fourth-order valence-corrected chi connectivity index (χ4v) is 4.65. The fourth-order valence-electron chi connectivity index (χ4n) is 4.07. The van der Waals surface area contributed by atoms with Gasteiger partial charge in [0.15, 0.2) is 5.60 Å². The highest BCUT2D eigenvalue weighted by molar-refractivity contribution is 6.53. The van der Waals surface area contributed by atoms with E-state index in [4.69, 9.17) is 48.4 Å². The Morgan fingerprint density at radius 1 is 0.791 bits per heavy atom. The summed E-state index contributed by atoms with van der Waals surface area (Å²) in [6.07, 6.45) is -2.29. The van der Waals surface area contributed by atoms with Crippen LogP contribution in [0.15, 0.2) is 78.9 Å². The number of nitrogens with zero attached hydrogens (tertiary/aromatic N) is 1. The van der Waals surface area contributed by atoms with Crippen LogP contribution in [-0.4, -0.2) is 75.1 Å². The lowest BCUT2D eigenvalue weighted by atomic mass is 9.95. The molecule has 0 bridgehead atoms. The van der Waals surface area contributed by atoms with Crippen LogP contribution in [0.1, 0.15) is 43.4 Å². The van der Waals surface area contributed by atoms with E-state index < -0.39 is 36.4 Å². The molecule has 0 unspecified atom stereocenters. The molecule has 0 heterocycles. The number of aliphatic carboxylic acids is 3. The summed E-state index contributed by atoms with van der Waals surface area (Å²) < 4.78 is 5.93. The Hall–Kier alpha value is -3.89. The molecule has 0 aliphatic carbocycles.